The third kappa shape index (κ3) is 4.24. The van der Waals surface area contributed by atoms with Crippen LogP contribution in [-0.2, 0) is 6.54 Å². The smallest absolute Gasteiger partial charge is 0.344 e. The van der Waals surface area contributed by atoms with Crippen LogP contribution in [0.4, 0.5) is 0 Å². The minimum atomic E-state index is -0.387. The highest BCUT2D eigenvalue weighted by molar-refractivity contribution is 5.87. The fourth-order valence-corrected chi connectivity index (χ4v) is 6.39. The van der Waals surface area contributed by atoms with Gasteiger partial charge in [-0.3, -0.25) is 4.90 Å². The zero-order valence-electron chi connectivity index (χ0n) is 21.1. The summed E-state index contributed by atoms with van der Waals surface area (Å²) in [5.41, 5.74) is 2.33. The van der Waals surface area contributed by atoms with Crippen LogP contribution in [0.2, 0.25) is 0 Å². The predicted octanol–water partition coefficient (Wildman–Crippen LogP) is 4.89. The van der Waals surface area contributed by atoms with Gasteiger partial charge < -0.3 is 23.5 Å². The monoisotopic (exact) mass is 490 g/mol. The van der Waals surface area contributed by atoms with Crippen LogP contribution in [0.15, 0.2) is 45.6 Å². The Balaban J connectivity index is 1.30. The molecule has 190 valence electrons. The molecule has 0 aliphatic carbocycles. The summed E-state index contributed by atoms with van der Waals surface area (Å²) < 4.78 is 23.0. The van der Waals surface area contributed by atoms with Crippen molar-refractivity contribution in [3.63, 3.8) is 0 Å². The van der Waals surface area contributed by atoms with Gasteiger partial charge in [0, 0.05) is 36.1 Å². The number of rotatable bonds is 5. The van der Waals surface area contributed by atoms with Crippen molar-refractivity contribution in [2.45, 2.75) is 44.7 Å². The zero-order chi connectivity index (χ0) is 24.6. The molecule has 7 nitrogen and oxygen atoms in total. The molecule has 0 saturated carbocycles. The molecular weight excluding hydrogens is 456 g/mol. The first kappa shape index (κ1) is 23.4. The molecule has 6 rings (SSSR count). The van der Waals surface area contributed by atoms with Crippen LogP contribution in [0, 0.1) is 5.92 Å². The number of fused-ring (bicyclic) bond motifs is 4. The van der Waals surface area contributed by atoms with Gasteiger partial charge in [-0.1, -0.05) is 6.42 Å². The molecule has 0 radical (unpaired) electrons. The molecule has 3 aromatic rings. The van der Waals surface area contributed by atoms with E-state index in [0.717, 1.165) is 29.8 Å². The fourth-order valence-electron chi connectivity index (χ4n) is 6.39. The Kier molecular flexibility index (Phi) is 6.36. The summed E-state index contributed by atoms with van der Waals surface area (Å²) in [6, 6.07) is 12.0. The van der Waals surface area contributed by atoms with Crippen molar-refractivity contribution in [3.05, 3.63) is 52.4 Å². The first-order valence-corrected chi connectivity index (χ1v) is 13.1. The Morgan fingerprint density at radius 1 is 0.972 bits per heavy atom. The van der Waals surface area contributed by atoms with Crippen molar-refractivity contribution in [1.82, 2.24) is 9.80 Å². The molecule has 3 aliphatic heterocycles. The lowest BCUT2D eigenvalue weighted by Gasteiger charge is -2.46. The summed E-state index contributed by atoms with van der Waals surface area (Å²) in [6.45, 7) is 4.81. The van der Waals surface area contributed by atoms with Gasteiger partial charge in [0.05, 0.1) is 25.3 Å². The molecule has 2 atom stereocenters. The number of nitrogens with zero attached hydrogens (tertiary/aromatic N) is 2. The lowest BCUT2D eigenvalue weighted by atomic mass is 9.83. The summed E-state index contributed by atoms with van der Waals surface area (Å²) in [5, 5.41) is 0.878. The average Bonchev–Trinajstić information content (AvgIpc) is 2.92. The Morgan fingerprint density at radius 3 is 2.72 bits per heavy atom. The van der Waals surface area contributed by atoms with E-state index in [1.54, 1.807) is 20.3 Å². The molecule has 0 N–H and O–H groups in total. The third-order valence-electron chi connectivity index (χ3n) is 8.17. The van der Waals surface area contributed by atoms with E-state index in [-0.39, 0.29) is 5.63 Å². The minimum Gasteiger partial charge on any atom is -0.497 e. The second-order valence-electron chi connectivity index (χ2n) is 10.3. The van der Waals surface area contributed by atoms with Gasteiger partial charge in [-0.25, -0.2) is 4.79 Å². The van der Waals surface area contributed by atoms with Crippen LogP contribution in [-0.4, -0.2) is 56.4 Å². The number of hydrogen-bond acceptors (Lipinski definition) is 7. The molecule has 7 heteroatoms. The Labute approximate surface area is 211 Å². The number of piperidine rings is 2. The molecule has 0 amide bonds. The normalized spacial score (nSPS) is 22.5. The van der Waals surface area contributed by atoms with E-state index < -0.39 is 0 Å². The van der Waals surface area contributed by atoms with Gasteiger partial charge >= 0.3 is 5.63 Å². The van der Waals surface area contributed by atoms with E-state index in [2.05, 4.69) is 9.80 Å². The lowest BCUT2D eigenvalue weighted by Crippen LogP contribution is -2.51. The van der Waals surface area contributed by atoms with Crippen molar-refractivity contribution in [1.29, 1.82) is 0 Å². The SMILES string of the molecule is COc1ccc(-c2cc3ccc4c(c3oc2=O)CN(C[C@@H]2CCCN3CCCC[C@H]23)CO4)c(OC)c1. The van der Waals surface area contributed by atoms with Crippen LogP contribution in [0.3, 0.4) is 0 Å². The van der Waals surface area contributed by atoms with Crippen LogP contribution in [0.5, 0.6) is 17.2 Å². The van der Waals surface area contributed by atoms with Gasteiger partial charge in [-0.2, -0.15) is 0 Å². The summed E-state index contributed by atoms with van der Waals surface area (Å²) in [7, 11) is 3.19. The van der Waals surface area contributed by atoms with Gasteiger partial charge in [0.1, 0.15) is 29.6 Å². The van der Waals surface area contributed by atoms with Crippen LogP contribution in [0.25, 0.3) is 22.1 Å². The highest BCUT2D eigenvalue weighted by Gasteiger charge is 2.35. The lowest BCUT2D eigenvalue weighted by molar-refractivity contribution is 0.0146. The predicted molar refractivity (Wildman–Crippen MR) is 139 cm³/mol. The number of ether oxygens (including phenoxy) is 3. The van der Waals surface area contributed by atoms with E-state index in [1.165, 1.54) is 45.2 Å². The zero-order valence-corrected chi connectivity index (χ0v) is 21.1. The highest BCUT2D eigenvalue weighted by atomic mass is 16.5. The first-order chi connectivity index (χ1) is 17.6. The van der Waals surface area contributed by atoms with Crippen LogP contribution in [0.1, 0.15) is 37.7 Å². The van der Waals surface area contributed by atoms with E-state index in [0.29, 0.717) is 46.9 Å². The molecule has 2 saturated heterocycles. The van der Waals surface area contributed by atoms with Crippen molar-refractivity contribution in [2.75, 3.05) is 40.6 Å². The van der Waals surface area contributed by atoms with Crippen LogP contribution >= 0.6 is 0 Å². The second kappa shape index (κ2) is 9.79. The molecule has 1 aromatic heterocycles. The molecule has 0 bridgehead atoms. The van der Waals surface area contributed by atoms with Crippen molar-refractivity contribution < 1.29 is 18.6 Å². The molecule has 0 unspecified atom stereocenters. The van der Waals surface area contributed by atoms with Gasteiger partial charge in [-0.15, -0.1) is 0 Å². The van der Waals surface area contributed by atoms with E-state index in [9.17, 15) is 4.79 Å². The topological polar surface area (TPSA) is 64.4 Å². The van der Waals surface area contributed by atoms with Gasteiger partial charge in [-0.05, 0) is 75.0 Å². The van der Waals surface area contributed by atoms with E-state index in [4.69, 9.17) is 18.6 Å². The van der Waals surface area contributed by atoms with Gasteiger partial charge in [0.25, 0.3) is 0 Å². The van der Waals surface area contributed by atoms with Crippen molar-refractivity contribution >= 4 is 11.0 Å². The van der Waals surface area contributed by atoms with Crippen molar-refractivity contribution in [3.8, 4) is 28.4 Å². The molecule has 36 heavy (non-hydrogen) atoms. The van der Waals surface area contributed by atoms with E-state index in [1.807, 2.05) is 30.3 Å². The van der Waals surface area contributed by atoms with E-state index >= 15 is 0 Å². The molecule has 0 spiro atoms. The van der Waals surface area contributed by atoms with Crippen LogP contribution < -0.4 is 19.8 Å². The minimum absolute atomic E-state index is 0.387. The molecule has 4 heterocycles. The maximum Gasteiger partial charge on any atom is 0.344 e. The Morgan fingerprint density at radius 2 is 1.86 bits per heavy atom. The highest BCUT2D eigenvalue weighted by Crippen LogP contribution is 2.37. The molecule has 2 fully saturated rings. The largest absolute Gasteiger partial charge is 0.497 e. The Bertz CT molecular complexity index is 1320. The summed E-state index contributed by atoms with van der Waals surface area (Å²) in [5.74, 6) is 2.71. The van der Waals surface area contributed by atoms with Crippen molar-refractivity contribution in [2.24, 2.45) is 5.92 Å². The molecular formula is C29H34N2O5. The average molecular weight is 491 g/mol. The first-order valence-electron chi connectivity index (χ1n) is 13.1. The third-order valence-corrected chi connectivity index (χ3v) is 8.17. The molecule has 3 aliphatic rings. The summed E-state index contributed by atoms with van der Waals surface area (Å²) >= 11 is 0. The summed E-state index contributed by atoms with van der Waals surface area (Å²) in [4.78, 5) is 18.3. The number of methoxy groups -OCH3 is 2. The maximum absolute atomic E-state index is 13.2. The maximum atomic E-state index is 13.2. The number of benzene rings is 2. The summed E-state index contributed by atoms with van der Waals surface area (Å²) in [6.07, 6.45) is 6.54. The molecule has 2 aromatic carbocycles. The van der Waals surface area contributed by atoms with Gasteiger partial charge in [0.15, 0.2) is 0 Å². The Hall–Kier alpha value is -3.03. The number of hydrogen-bond donors (Lipinski definition) is 0. The standard InChI is InChI=1S/C29H34N2O5/c1-33-21-9-10-22(27(15-21)34-2)23-14-19-8-11-26-24(28(19)36-29(23)32)17-30(18-35-26)16-20-6-5-13-31-12-4-3-7-25(20)31/h8-11,14-15,20,25H,3-7,12-13,16-18H2,1-2H3/t20-,25+/m0/s1. The fraction of sp³-hybridized carbons (Fsp3) is 0.483. The quantitative estimate of drug-likeness (QED) is 0.472. The van der Waals surface area contributed by atoms with Gasteiger partial charge in [0.2, 0.25) is 0 Å². The second-order valence-corrected chi connectivity index (χ2v) is 10.3.